The molecule has 0 aliphatic rings. The van der Waals surface area contributed by atoms with Gasteiger partial charge in [-0.15, -0.1) is 0 Å². The monoisotopic (exact) mass is 942 g/mol. The van der Waals surface area contributed by atoms with E-state index in [0.717, 1.165) is 109 Å². The van der Waals surface area contributed by atoms with Crippen LogP contribution in [0, 0.1) is 0 Å². The first-order chi connectivity index (χ1) is 32.0. The van der Waals surface area contributed by atoms with Crippen molar-refractivity contribution in [2.75, 3.05) is 47.5 Å². The average Bonchev–Trinajstić information content (AvgIpc) is 3.27. The predicted molar refractivity (Wildman–Crippen MR) is 277 cm³/mol. The normalized spacial score (nSPS) is 14.2. The van der Waals surface area contributed by atoms with E-state index >= 15 is 0 Å². The van der Waals surface area contributed by atoms with Gasteiger partial charge in [0.2, 0.25) is 0 Å². The van der Waals surface area contributed by atoms with Gasteiger partial charge in [-0.05, 0) is 96.3 Å². The van der Waals surface area contributed by atoms with Gasteiger partial charge in [-0.3, -0.25) is 14.2 Å². The van der Waals surface area contributed by atoms with Crippen LogP contribution in [0.1, 0.15) is 194 Å². The molecule has 0 fully saturated rings. The number of allylic oxidation sites excluding steroid dienone is 16. The maximum absolute atomic E-state index is 12.7. The number of phosphoric ester groups is 1. The highest BCUT2D eigenvalue weighted by atomic mass is 31.2. The summed E-state index contributed by atoms with van der Waals surface area (Å²) in [6.45, 7) is 4.07. The summed E-state index contributed by atoms with van der Waals surface area (Å²) < 4.78 is 34.0. The van der Waals surface area contributed by atoms with Crippen molar-refractivity contribution in [3.05, 3.63) is 97.2 Å². The van der Waals surface area contributed by atoms with E-state index in [9.17, 15) is 19.0 Å². The van der Waals surface area contributed by atoms with Crippen molar-refractivity contribution < 1.29 is 42.1 Å². The summed E-state index contributed by atoms with van der Waals surface area (Å²) in [5.41, 5.74) is 0. The fraction of sp³-hybridized carbons (Fsp3) is 0.679. The zero-order valence-electron chi connectivity index (χ0n) is 42.6. The van der Waals surface area contributed by atoms with Gasteiger partial charge in [0.25, 0.3) is 7.82 Å². The standard InChI is InChI=1S/C56H96NO8P/c1-6-8-10-12-14-16-18-20-22-23-24-25-26-27-28-29-30-31-32-33-35-37-39-41-43-45-47-49-56(59)65-54(53-64-66(60,61)63-51-50-57(3,4)5)52-62-55(58)48-46-44-42-40-38-36-34-21-19-17-15-13-11-9-7-2/h8,10,14,16,20-22,24-25,27-28,30-31,33-35,54H,6-7,9,11-13,15,17-19,23,26,29,32,36-53H2,1-5H3/b10-8-,16-14-,22-20-,25-24-,28-27-,31-30-,34-21-,35-33-. The Bertz CT molecular complexity index is 1440. The summed E-state index contributed by atoms with van der Waals surface area (Å²) in [6.07, 6.45) is 62.9. The molecule has 0 bridgehead atoms. The summed E-state index contributed by atoms with van der Waals surface area (Å²) in [4.78, 5) is 37.7. The van der Waals surface area contributed by atoms with Gasteiger partial charge < -0.3 is 27.9 Å². The van der Waals surface area contributed by atoms with E-state index in [2.05, 4.69) is 111 Å². The number of carbonyl (C=O) groups excluding carboxylic acids is 2. The highest BCUT2D eigenvalue weighted by Gasteiger charge is 2.21. The minimum atomic E-state index is -4.64. The van der Waals surface area contributed by atoms with E-state index in [1.807, 2.05) is 21.1 Å². The van der Waals surface area contributed by atoms with Crippen molar-refractivity contribution >= 4 is 19.8 Å². The summed E-state index contributed by atoms with van der Waals surface area (Å²) in [5, 5.41) is 0. The van der Waals surface area contributed by atoms with Gasteiger partial charge in [-0.25, -0.2) is 0 Å². The minimum absolute atomic E-state index is 0.0414. The third-order valence-electron chi connectivity index (χ3n) is 10.6. The fourth-order valence-corrected chi connectivity index (χ4v) is 7.30. The number of nitrogens with zero attached hydrogens (tertiary/aromatic N) is 1. The average molecular weight is 942 g/mol. The molecule has 0 saturated carbocycles. The van der Waals surface area contributed by atoms with E-state index in [1.54, 1.807) is 0 Å². The maximum Gasteiger partial charge on any atom is 0.306 e. The Hall–Kier alpha value is -3.07. The summed E-state index contributed by atoms with van der Waals surface area (Å²) >= 11 is 0. The van der Waals surface area contributed by atoms with Crippen molar-refractivity contribution in [2.45, 2.75) is 200 Å². The Kier molecular flexibility index (Phi) is 44.8. The maximum atomic E-state index is 12.7. The molecule has 0 aliphatic carbocycles. The molecule has 2 unspecified atom stereocenters. The van der Waals surface area contributed by atoms with Gasteiger partial charge in [-0.2, -0.15) is 0 Å². The van der Waals surface area contributed by atoms with Gasteiger partial charge in [0, 0.05) is 12.8 Å². The first-order valence-electron chi connectivity index (χ1n) is 25.9. The van der Waals surface area contributed by atoms with Crippen LogP contribution >= 0.6 is 7.82 Å². The molecule has 0 spiro atoms. The second-order valence-corrected chi connectivity index (χ2v) is 19.6. The lowest BCUT2D eigenvalue weighted by molar-refractivity contribution is -0.870. The van der Waals surface area contributed by atoms with Gasteiger partial charge in [-0.1, -0.05) is 182 Å². The van der Waals surface area contributed by atoms with Crippen molar-refractivity contribution in [3.63, 3.8) is 0 Å². The van der Waals surface area contributed by atoms with Crippen LogP contribution in [-0.2, 0) is 32.7 Å². The number of likely N-dealkylation sites (N-methyl/N-ethyl adjacent to an activating group) is 1. The molecule has 0 heterocycles. The van der Waals surface area contributed by atoms with Crippen LogP contribution in [0.5, 0.6) is 0 Å². The van der Waals surface area contributed by atoms with Crippen LogP contribution in [0.2, 0.25) is 0 Å². The van der Waals surface area contributed by atoms with Crippen LogP contribution in [0.4, 0.5) is 0 Å². The molecule has 0 aliphatic heterocycles. The highest BCUT2D eigenvalue weighted by Crippen LogP contribution is 2.38. The number of phosphoric acid groups is 1. The Morgan fingerprint density at radius 3 is 1.30 bits per heavy atom. The topological polar surface area (TPSA) is 111 Å². The second kappa shape index (κ2) is 47.0. The van der Waals surface area contributed by atoms with Crippen molar-refractivity contribution in [2.24, 2.45) is 0 Å². The molecular weight excluding hydrogens is 846 g/mol. The molecule has 0 aromatic carbocycles. The highest BCUT2D eigenvalue weighted by molar-refractivity contribution is 7.45. The quantitative estimate of drug-likeness (QED) is 0.0195. The molecule has 0 N–H and O–H groups in total. The predicted octanol–water partition coefficient (Wildman–Crippen LogP) is 15.1. The molecular formula is C56H96NO8P. The van der Waals surface area contributed by atoms with Crippen molar-refractivity contribution in [3.8, 4) is 0 Å². The Balaban J connectivity index is 4.32. The Labute approximate surface area is 404 Å². The lowest BCUT2D eigenvalue weighted by Crippen LogP contribution is -2.37. The molecule has 66 heavy (non-hydrogen) atoms. The molecule has 0 rings (SSSR count). The molecule has 10 heteroatoms. The van der Waals surface area contributed by atoms with Crippen molar-refractivity contribution in [1.82, 2.24) is 0 Å². The number of ether oxygens (including phenoxy) is 2. The Morgan fingerprint density at radius 2 is 0.864 bits per heavy atom. The lowest BCUT2D eigenvalue weighted by Gasteiger charge is -2.28. The number of rotatable bonds is 46. The van der Waals surface area contributed by atoms with Gasteiger partial charge in [0.05, 0.1) is 27.7 Å². The van der Waals surface area contributed by atoms with Crippen LogP contribution in [0.25, 0.3) is 0 Å². The van der Waals surface area contributed by atoms with Crippen LogP contribution in [0.15, 0.2) is 97.2 Å². The largest absolute Gasteiger partial charge is 0.756 e. The summed E-state index contributed by atoms with van der Waals surface area (Å²) in [5.74, 6) is -0.873. The van der Waals surface area contributed by atoms with E-state index in [-0.39, 0.29) is 26.1 Å². The minimum Gasteiger partial charge on any atom is -0.756 e. The number of unbranched alkanes of at least 4 members (excludes halogenated alkanes) is 16. The molecule has 378 valence electrons. The molecule has 0 amide bonds. The zero-order chi connectivity index (χ0) is 48.5. The number of hydrogen-bond donors (Lipinski definition) is 0. The van der Waals surface area contributed by atoms with E-state index in [0.29, 0.717) is 23.9 Å². The first-order valence-corrected chi connectivity index (χ1v) is 27.4. The third-order valence-corrected chi connectivity index (χ3v) is 11.6. The number of quaternary nitrogens is 1. The molecule has 0 aromatic heterocycles. The molecule has 9 nitrogen and oxygen atoms in total. The van der Waals surface area contributed by atoms with Crippen LogP contribution < -0.4 is 4.89 Å². The first kappa shape index (κ1) is 62.9. The van der Waals surface area contributed by atoms with Crippen LogP contribution in [-0.4, -0.2) is 70.0 Å². The van der Waals surface area contributed by atoms with Gasteiger partial charge in [0.1, 0.15) is 19.8 Å². The fourth-order valence-electron chi connectivity index (χ4n) is 6.57. The number of carbonyl (C=O) groups is 2. The second-order valence-electron chi connectivity index (χ2n) is 18.1. The molecule has 0 saturated heterocycles. The number of esters is 2. The van der Waals surface area contributed by atoms with Gasteiger partial charge >= 0.3 is 11.9 Å². The van der Waals surface area contributed by atoms with E-state index < -0.39 is 32.5 Å². The third kappa shape index (κ3) is 50.3. The molecule has 2 atom stereocenters. The molecule has 0 radical (unpaired) electrons. The summed E-state index contributed by atoms with van der Waals surface area (Å²) in [7, 11) is 1.13. The molecule has 0 aromatic rings. The smallest absolute Gasteiger partial charge is 0.306 e. The summed E-state index contributed by atoms with van der Waals surface area (Å²) in [6, 6.07) is 0. The van der Waals surface area contributed by atoms with Crippen LogP contribution in [0.3, 0.4) is 0 Å². The van der Waals surface area contributed by atoms with Gasteiger partial charge in [0.15, 0.2) is 6.10 Å². The number of hydrogen-bond acceptors (Lipinski definition) is 8. The zero-order valence-corrected chi connectivity index (χ0v) is 43.5. The SMILES string of the molecule is CC/C=C\C/C=C\C/C=C\C/C=C\C/C=C\C/C=C\C/C=C\CCCCCCCC(=O)OC(COC(=O)CCCCCCC/C=C\CCCCCCCC)COP(=O)([O-])OCC[N+](C)(C)C. The van der Waals surface area contributed by atoms with E-state index in [4.69, 9.17) is 18.5 Å². The Morgan fingerprint density at radius 1 is 0.485 bits per heavy atom. The van der Waals surface area contributed by atoms with E-state index in [1.165, 1.54) is 44.9 Å². The van der Waals surface area contributed by atoms with Crippen molar-refractivity contribution in [1.29, 1.82) is 0 Å². The lowest BCUT2D eigenvalue weighted by atomic mass is 10.1.